The van der Waals surface area contributed by atoms with Gasteiger partial charge in [0.1, 0.15) is 11.5 Å². The van der Waals surface area contributed by atoms with E-state index in [1.165, 1.54) is 55.6 Å². The first-order valence-corrected chi connectivity index (χ1v) is 18.9. The Morgan fingerprint density at radius 3 is 1.69 bits per heavy atom. The average Bonchev–Trinajstić information content (AvgIpc) is 3.08. The van der Waals surface area contributed by atoms with Crippen LogP contribution in [0, 0.1) is 5.92 Å². The summed E-state index contributed by atoms with van der Waals surface area (Å²) in [5, 5.41) is 10.3. The van der Waals surface area contributed by atoms with Crippen LogP contribution in [0.25, 0.3) is 0 Å². The molecule has 1 N–H and O–H groups in total. The molecule has 0 fully saturated rings. The van der Waals surface area contributed by atoms with Crippen LogP contribution >= 0.6 is 23.5 Å². The number of aliphatic hydroxyl groups is 1. The number of hydrogen-bond donors (Lipinski definition) is 1. The van der Waals surface area contributed by atoms with E-state index in [-0.39, 0.29) is 11.6 Å². The fourth-order valence-corrected chi connectivity index (χ4v) is 7.74. The van der Waals surface area contributed by atoms with Gasteiger partial charge in [-0.1, -0.05) is 107 Å². The lowest BCUT2D eigenvalue weighted by molar-refractivity contribution is -0.0250. The molecule has 5 nitrogen and oxygen atoms in total. The number of ether oxygens (including phenoxy) is 2. The summed E-state index contributed by atoms with van der Waals surface area (Å²) in [6.07, 6.45) is 9.05. The largest absolute Gasteiger partial charge is 0.494 e. The number of unbranched alkanes of at least 4 members (excludes halogenated alkanes) is 5. The zero-order valence-electron chi connectivity index (χ0n) is 28.2. The zero-order valence-corrected chi connectivity index (χ0v) is 29.8. The third-order valence-corrected chi connectivity index (χ3v) is 10.5. The third-order valence-electron chi connectivity index (χ3n) is 8.37. The highest BCUT2D eigenvalue weighted by Crippen LogP contribution is 2.41. The fraction of sp³-hybridized carbons (Fsp3) is 0.366. The molecule has 1 unspecified atom stereocenters. The van der Waals surface area contributed by atoms with E-state index in [2.05, 4.69) is 20.8 Å². The lowest BCUT2D eigenvalue weighted by Gasteiger charge is -2.22. The predicted octanol–water partition coefficient (Wildman–Crippen LogP) is 11.0. The van der Waals surface area contributed by atoms with Gasteiger partial charge in [-0.3, -0.25) is 9.59 Å². The number of ketones is 2. The van der Waals surface area contributed by atoms with E-state index < -0.39 is 6.29 Å². The zero-order chi connectivity index (χ0) is 33.9. The van der Waals surface area contributed by atoms with Gasteiger partial charge in [0.05, 0.1) is 6.61 Å². The van der Waals surface area contributed by atoms with E-state index in [9.17, 15) is 14.7 Å². The first-order valence-electron chi connectivity index (χ1n) is 17.2. The van der Waals surface area contributed by atoms with Crippen LogP contribution in [0.15, 0.2) is 105 Å². The van der Waals surface area contributed by atoms with E-state index in [0.29, 0.717) is 46.9 Å². The maximum absolute atomic E-state index is 14.0. The summed E-state index contributed by atoms with van der Waals surface area (Å²) in [5.41, 5.74) is 1.75. The van der Waals surface area contributed by atoms with Gasteiger partial charge in [-0.05, 0) is 79.4 Å². The molecule has 0 heterocycles. The van der Waals surface area contributed by atoms with Crippen LogP contribution in [-0.4, -0.2) is 29.6 Å². The predicted molar refractivity (Wildman–Crippen MR) is 195 cm³/mol. The number of rotatable bonds is 18. The Labute approximate surface area is 293 Å². The van der Waals surface area contributed by atoms with Gasteiger partial charge in [-0.25, -0.2) is 0 Å². The number of hydrogen-bond acceptors (Lipinski definition) is 7. The molecule has 48 heavy (non-hydrogen) atoms. The second-order valence-corrected chi connectivity index (χ2v) is 14.9. The average molecular weight is 683 g/mol. The van der Waals surface area contributed by atoms with Gasteiger partial charge < -0.3 is 14.6 Å². The summed E-state index contributed by atoms with van der Waals surface area (Å²) in [4.78, 5) is 31.3. The summed E-state index contributed by atoms with van der Waals surface area (Å²) in [6.45, 7) is 7.28. The van der Waals surface area contributed by atoms with E-state index in [4.69, 9.17) is 9.47 Å². The van der Waals surface area contributed by atoms with Crippen LogP contribution in [0.2, 0.25) is 0 Å². The summed E-state index contributed by atoms with van der Waals surface area (Å²) in [6, 6.07) is 26.4. The molecule has 1 aliphatic rings. The molecule has 252 valence electrons. The van der Waals surface area contributed by atoms with E-state index in [1.54, 1.807) is 12.1 Å². The van der Waals surface area contributed by atoms with Crippen molar-refractivity contribution in [2.45, 2.75) is 104 Å². The molecule has 4 aromatic rings. The number of carbonyl (C=O) groups excluding carboxylic acids is 2. The van der Waals surface area contributed by atoms with Crippen molar-refractivity contribution in [3.05, 3.63) is 107 Å². The van der Waals surface area contributed by atoms with Crippen molar-refractivity contribution >= 4 is 35.1 Å². The minimum Gasteiger partial charge on any atom is -0.494 e. The van der Waals surface area contributed by atoms with Crippen molar-refractivity contribution < 1.29 is 24.2 Å². The minimum atomic E-state index is -0.844. The van der Waals surface area contributed by atoms with Crippen LogP contribution < -0.4 is 9.47 Å². The Morgan fingerprint density at radius 2 is 1.15 bits per heavy atom. The number of aliphatic hydroxyl groups excluding tert-OH is 1. The molecule has 1 aliphatic carbocycles. The normalized spacial score (nSPS) is 12.9. The molecule has 5 rings (SSSR count). The third kappa shape index (κ3) is 9.55. The van der Waals surface area contributed by atoms with Crippen molar-refractivity contribution in [2.75, 3.05) is 6.61 Å². The monoisotopic (exact) mass is 682 g/mol. The Morgan fingerprint density at radius 1 is 0.625 bits per heavy atom. The summed E-state index contributed by atoms with van der Waals surface area (Å²) < 4.78 is 11.6. The number of benzene rings is 4. The van der Waals surface area contributed by atoms with E-state index in [1.807, 2.05) is 72.8 Å². The first-order chi connectivity index (χ1) is 23.3. The standard InChI is InChI=1S/C41H46O5S2/c1-4-5-6-7-8-9-27-45-29-19-23-31(24-20-29)47-35-16-11-14-33-38(35)40(43)34-15-12-17-36(39(34)41(33)44)48-32-25-21-30(22-26-32)46-37(42)18-10-13-28(2)3/h11-12,14-17,19-26,28,37,42H,4-10,13,18,27H2,1-3H3. The van der Waals surface area contributed by atoms with Crippen molar-refractivity contribution in [1.29, 1.82) is 0 Å². The molecule has 0 saturated heterocycles. The maximum Gasteiger partial charge on any atom is 0.197 e. The second-order valence-electron chi connectivity index (χ2n) is 12.7. The first kappa shape index (κ1) is 35.8. The van der Waals surface area contributed by atoms with E-state index >= 15 is 0 Å². The minimum absolute atomic E-state index is 0.140. The molecule has 1 atom stereocenters. The van der Waals surface area contributed by atoms with Crippen molar-refractivity contribution in [1.82, 2.24) is 0 Å². The molecule has 0 aliphatic heterocycles. The number of carbonyl (C=O) groups is 2. The topological polar surface area (TPSA) is 72.8 Å². The van der Waals surface area contributed by atoms with Crippen LogP contribution in [0.1, 0.15) is 110 Å². The van der Waals surface area contributed by atoms with Gasteiger partial charge in [-0.15, -0.1) is 0 Å². The molecule has 0 amide bonds. The van der Waals surface area contributed by atoms with Gasteiger partial charge in [0.2, 0.25) is 0 Å². The van der Waals surface area contributed by atoms with Gasteiger partial charge in [0, 0.05) is 48.3 Å². The molecule has 0 saturated carbocycles. The smallest absolute Gasteiger partial charge is 0.197 e. The van der Waals surface area contributed by atoms with E-state index in [0.717, 1.165) is 44.6 Å². The van der Waals surface area contributed by atoms with Crippen molar-refractivity contribution in [3.63, 3.8) is 0 Å². The molecular weight excluding hydrogens is 637 g/mol. The van der Waals surface area contributed by atoms with Gasteiger partial charge in [-0.2, -0.15) is 0 Å². The highest BCUT2D eigenvalue weighted by atomic mass is 32.2. The van der Waals surface area contributed by atoms with Crippen molar-refractivity contribution in [2.24, 2.45) is 5.92 Å². The second kappa shape index (κ2) is 17.8. The highest BCUT2D eigenvalue weighted by molar-refractivity contribution is 7.99. The molecule has 0 aromatic heterocycles. The quantitative estimate of drug-likeness (QED) is 0.0728. The lowest BCUT2D eigenvalue weighted by Crippen LogP contribution is -2.22. The van der Waals surface area contributed by atoms with Crippen LogP contribution in [0.5, 0.6) is 11.5 Å². The van der Waals surface area contributed by atoms with Crippen LogP contribution in [0.3, 0.4) is 0 Å². The molecule has 4 aromatic carbocycles. The SMILES string of the molecule is CCCCCCCCOc1ccc(Sc2cccc3c2C(=O)c2cccc(Sc4ccc(OC(O)CCCC(C)C)cc4)c2C3=O)cc1. The fourth-order valence-electron chi connectivity index (χ4n) is 5.78. The summed E-state index contributed by atoms with van der Waals surface area (Å²) in [5.74, 6) is 1.74. The molecule has 0 spiro atoms. The molecule has 7 heteroatoms. The number of fused-ring (bicyclic) bond motifs is 2. The summed E-state index contributed by atoms with van der Waals surface area (Å²) >= 11 is 2.92. The van der Waals surface area contributed by atoms with Gasteiger partial charge in [0.15, 0.2) is 17.9 Å². The Balaban J connectivity index is 1.24. The summed E-state index contributed by atoms with van der Waals surface area (Å²) in [7, 11) is 0. The van der Waals surface area contributed by atoms with Gasteiger partial charge >= 0.3 is 0 Å². The Bertz CT molecular complexity index is 1660. The van der Waals surface area contributed by atoms with Crippen molar-refractivity contribution in [3.8, 4) is 11.5 Å². The molecule has 0 radical (unpaired) electrons. The maximum atomic E-state index is 14.0. The van der Waals surface area contributed by atoms with Gasteiger partial charge in [0.25, 0.3) is 0 Å². The molecular formula is C41H46O5S2. The Kier molecular flexibility index (Phi) is 13.2. The Hall–Kier alpha value is -3.52. The van der Waals surface area contributed by atoms with Crippen LogP contribution in [0.4, 0.5) is 0 Å². The van der Waals surface area contributed by atoms with Crippen LogP contribution in [-0.2, 0) is 0 Å². The lowest BCUT2D eigenvalue weighted by atomic mass is 9.84. The highest BCUT2D eigenvalue weighted by Gasteiger charge is 2.33. The molecule has 0 bridgehead atoms.